The number of nitro groups is 1. The van der Waals surface area contributed by atoms with Gasteiger partial charge in [0.2, 0.25) is 0 Å². The second-order valence-corrected chi connectivity index (χ2v) is 5.21. The first-order valence-corrected chi connectivity index (χ1v) is 7.12. The van der Waals surface area contributed by atoms with Crippen molar-refractivity contribution in [3.05, 3.63) is 76.0 Å². The van der Waals surface area contributed by atoms with E-state index in [2.05, 4.69) is 4.98 Å². The second kappa shape index (κ2) is 5.99. The lowest BCUT2D eigenvalue weighted by Crippen LogP contribution is -2.03. The third-order valence-electron chi connectivity index (χ3n) is 3.90. The first-order chi connectivity index (χ1) is 10.7. The molecule has 0 saturated carbocycles. The molecule has 2 aromatic carbocycles. The summed E-state index contributed by atoms with van der Waals surface area (Å²) >= 11 is 0. The van der Waals surface area contributed by atoms with Gasteiger partial charge in [0, 0.05) is 41.8 Å². The molecule has 5 heteroatoms. The van der Waals surface area contributed by atoms with Gasteiger partial charge in [-0.1, -0.05) is 30.3 Å². The quantitative estimate of drug-likeness (QED) is 0.558. The minimum Gasteiger partial charge on any atom is -0.396 e. The second-order valence-electron chi connectivity index (χ2n) is 5.21. The third-order valence-corrected chi connectivity index (χ3v) is 3.90. The Morgan fingerprint density at radius 3 is 2.64 bits per heavy atom. The Hall–Kier alpha value is -2.66. The van der Waals surface area contributed by atoms with Crippen molar-refractivity contribution in [3.63, 3.8) is 0 Å². The number of aliphatic hydroxyl groups excluding tert-OH is 1. The fraction of sp³-hybridized carbons (Fsp3) is 0.176. The molecule has 5 nitrogen and oxygen atoms in total. The Morgan fingerprint density at radius 1 is 1.18 bits per heavy atom. The average molecular weight is 296 g/mol. The summed E-state index contributed by atoms with van der Waals surface area (Å²) in [5, 5.41) is 21.2. The van der Waals surface area contributed by atoms with E-state index < -0.39 is 0 Å². The number of hydrogen-bond acceptors (Lipinski definition) is 3. The summed E-state index contributed by atoms with van der Waals surface area (Å²) in [4.78, 5) is 13.8. The van der Waals surface area contributed by atoms with Crippen molar-refractivity contribution in [1.82, 2.24) is 4.98 Å². The zero-order valence-electron chi connectivity index (χ0n) is 11.9. The summed E-state index contributed by atoms with van der Waals surface area (Å²) in [5.74, 6) is 0.00181. The van der Waals surface area contributed by atoms with Crippen molar-refractivity contribution in [3.8, 4) is 0 Å². The van der Waals surface area contributed by atoms with Gasteiger partial charge in [0.05, 0.1) is 4.92 Å². The molecular formula is C17H16N2O3. The van der Waals surface area contributed by atoms with Gasteiger partial charge in [-0.15, -0.1) is 0 Å². The smallest absolute Gasteiger partial charge is 0.270 e. The highest BCUT2D eigenvalue weighted by molar-refractivity contribution is 5.86. The van der Waals surface area contributed by atoms with Crippen LogP contribution in [0.15, 0.2) is 54.7 Å². The van der Waals surface area contributed by atoms with E-state index in [1.165, 1.54) is 6.07 Å². The van der Waals surface area contributed by atoms with Gasteiger partial charge in [-0.05, 0) is 23.6 Å². The summed E-state index contributed by atoms with van der Waals surface area (Å²) in [6.45, 7) is 0.0567. The fourth-order valence-electron chi connectivity index (χ4n) is 2.85. The van der Waals surface area contributed by atoms with Crippen LogP contribution in [0, 0.1) is 10.1 Å². The van der Waals surface area contributed by atoms with Crippen molar-refractivity contribution < 1.29 is 10.0 Å². The molecule has 0 amide bonds. The van der Waals surface area contributed by atoms with Crippen LogP contribution >= 0.6 is 0 Å². The predicted octanol–water partition coefficient (Wildman–Crippen LogP) is 3.59. The SMILES string of the molecule is O=[N+]([O-])c1ccc2[nH]cc([C@@H](CCO)c3ccccc3)c2c1. The summed E-state index contributed by atoms with van der Waals surface area (Å²) in [5.41, 5.74) is 2.99. The molecule has 22 heavy (non-hydrogen) atoms. The Morgan fingerprint density at radius 2 is 1.95 bits per heavy atom. The first-order valence-electron chi connectivity index (χ1n) is 7.12. The molecule has 0 saturated heterocycles. The Balaban J connectivity index is 2.13. The van der Waals surface area contributed by atoms with E-state index in [1.807, 2.05) is 36.5 Å². The van der Waals surface area contributed by atoms with Gasteiger partial charge >= 0.3 is 0 Å². The highest BCUT2D eigenvalue weighted by Crippen LogP contribution is 2.34. The van der Waals surface area contributed by atoms with Crippen LogP contribution in [0.2, 0.25) is 0 Å². The van der Waals surface area contributed by atoms with E-state index in [9.17, 15) is 15.2 Å². The summed E-state index contributed by atoms with van der Waals surface area (Å²) in [6.07, 6.45) is 2.45. The zero-order chi connectivity index (χ0) is 15.5. The number of H-pyrrole nitrogens is 1. The van der Waals surface area contributed by atoms with Crippen molar-refractivity contribution in [2.24, 2.45) is 0 Å². The monoisotopic (exact) mass is 296 g/mol. The van der Waals surface area contributed by atoms with Gasteiger partial charge in [-0.25, -0.2) is 0 Å². The fourth-order valence-corrected chi connectivity index (χ4v) is 2.85. The molecule has 0 aliphatic carbocycles. The van der Waals surface area contributed by atoms with E-state index in [4.69, 9.17) is 0 Å². The summed E-state index contributed by atoms with van der Waals surface area (Å²) in [7, 11) is 0. The zero-order valence-corrected chi connectivity index (χ0v) is 11.9. The third kappa shape index (κ3) is 2.58. The molecule has 0 aliphatic rings. The van der Waals surface area contributed by atoms with Crippen LogP contribution in [-0.2, 0) is 0 Å². The molecule has 1 aromatic heterocycles. The van der Waals surface area contributed by atoms with Crippen molar-refractivity contribution in [1.29, 1.82) is 0 Å². The van der Waals surface area contributed by atoms with Crippen LogP contribution in [0.5, 0.6) is 0 Å². The maximum atomic E-state index is 11.0. The molecule has 0 fully saturated rings. The molecule has 0 aliphatic heterocycles. The van der Waals surface area contributed by atoms with Gasteiger partial charge < -0.3 is 10.1 Å². The van der Waals surface area contributed by atoms with E-state index in [0.717, 1.165) is 22.0 Å². The standard InChI is InChI=1S/C17H16N2O3/c20-9-8-14(12-4-2-1-3-5-12)16-11-18-17-7-6-13(19(21)22)10-15(16)17/h1-7,10-11,14,18,20H,8-9H2/t14-/m0/s1. The largest absolute Gasteiger partial charge is 0.396 e. The van der Waals surface area contributed by atoms with E-state index >= 15 is 0 Å². The molecule has 112 valence electrons. The molecule has 0 unspecified atom stereocenters. The lowest BCUT2D eigenvalue weighted by atomic mass is 9.88. The Bertz CT molecular complexity index is 796. The van der Waals surface area contributed by atoms with Gasteiger partial charge in [-0.3, -0.25) is 10.1 Å². The minimum atomic E-state index is -0.389. The highest BCUT2D eigenvalue weighted by atomic mass is 16.6. The lowest BCUT2D eigenvalue weighted by molar-refractivity contribution is -0.384. The molecule has 2 N–H and O–H groups in total. The number of benzene rings is 2. The first kappa shape index (κ1) is 14.3. The van der Waals surface area contributed by atoms with Crippen LogP contribution in [0.25, 0.3) is 10.9 Å². The van der Waals surface area contributed by atoms with Crippen molar-refractivity contribution in [2.75, 3.05) is 6.61 Å². The Kier molecular flexibility index (Phi) is 3.89. The van der Waals surface area contributed by atoms with Crippen LogP contribution in [0.1, 0.15) is 23.5 Å². The van der Waals surface area contributed by atoms with Gasteiger partial charge in [0.15, 0.2) is 0 Å². The van der Waals surface area contributed by atoms with Crippen molar-refractivity contribution in [2.45, 2.75) is 12.3 Å². The van der Waals surface area contributed by atoms with Gasteiger partial charge in [0.1, 0.15) is 0 Å². The van der Waals surface area contributed by atoms with E-state index in [1.54, 1.807) is 12.1 Å². The topological polar surface area (TPSA) is 79.2 Å². The van der Waals surface area contributed by atoms with Crippen LogP contribution in [0.4, 0.5) is 5.69 Å². The van der Waals surface area contributed by atoms with Crippen molar-refractivity contribution >= 4 is 16.6 Å². The van der Waals surface area contributed by atoms with Gasteiger partial charge in [-0.2, -0.15) is 0 Å². The number of fused-ring (bicyclic) bond motifs is 1. The number of aromatic amines is 1. The molecule has 1 heterocycles. The number of nitrogens with one attached hydrogen (secondary N) is 1. The number of rotatable bonds is 5. The number of non-ortho nitro benzene ring substituents is 1. The van der Waals surface area contributed by atoms with Crippen LogP contribution < -0.4 is 0 Å². The number of nitro benzene ring substituents is 1. The van der Waals surface area contributed by atoms with E-state index in [-0.39, 0.29) is 23.1 Å². The summed E-state index contributed by atoms with van der Waals surface area (Å²) in [6, 6.07) is 14.7. The van der Waals surface area contributed by atoms with Gasteiger partial charge in [0.25, 0.3) is 5.69 Å². The normalized spacial score (nSPS) is 12.4. The number of nitrogens with zero attached hydrogens (tertiary/aromatic N) is 1. The molecule has 1 atom stereocenters. The maximum Gasteiger partial charge on any atom is 0.270 e. The Labute approximate surface area is 127 Å². The molecule has 3 rings (SSSR count). The molecule has 0 bridgehead atoms. The molecule has 3 aromatic rings. The number of aliphatic hydroxyl groups is 1. The van der Waals surface area contributed by atoms with Crippen LogP contribution in [0.3, 0.4) is 0 Å². The predicted molar refractivity (Wildman–Crippen MR) is 84.9 cm³/mol. The summed E-state index contributed by atoms with van der Waals surface area (Å²) < 4.78 is 0. The average Bonchev–Trinajstić information content (AvgIpc) is 2.96. The maximum absolute atomic E-state index is 11.0. The van der Waals surface area contributed by atoms with Crippen LogP contribution in [-0.4, -0.2) is 21.6 Å². The number of hydrogen-bond donors (Lipinski definition) is 2. The van der Waals surface area contributed by atoms with E-state index in [0.29, 0.717) is 6.42 Å². The minimum absolute atomic E-state index is 0.00181. The highest BCUT2D eigenvalue weighted by Gasteiger charge is 2.19. The number of aromatic nitrogens is 1. The molecule has 0 spiro atoms. The molecule has 0 radical (unpaired) electrons. The molecular weight excluding hydrogens is 280 g/mol. The lowest BCUT2D eigenvalue weighted by Gasteiger charge is -2.15.